The molecule has 0 unspecified atom stereocenters. The van der Waals surface area contributed by atoms with Crippen LogP contribution in [-0.4, -0.2) is 5.91 Å². The molecule has 1 aromatic heterocycles. The van der Waals surface area contributed by atoms with Gasteiger partial charge in [0.1, 0.15) is 0 Å². The molecule has 1 aromatic carbocycles. The van der Waals surface area contributed by atoms with Crippen molar-refractivity contribution in [1.29, 1.82) is 0 Å². The molecule has 1 N–H and O–H groups in total. The molecule has 1 heterocycles. The third-order valence-corrected chi connectivity index (χ3v) is 4.97. The minimum Gasteiger partial charge on any atom is -0.321 e. The minimum atomic E-state index is -0.0641. The van der Waals surface area contributed by atoms with E-state index in [2.05, 4.69) is 43.8 Å². The number of aryl methyl sites for hydroxylation is 1. The number of hydrogen-bond acceptors (Lipinski definition) is 2. The van der Waals surface area contributed by atoms with Gasteiger partial charge in [0.05, 0.1) is 8.66 Å². The summed E-state index contributed by atoms with van der Waals surface area (Å²) in [5, 5.41) is 2.89. The predicted octanol–water partition coefficient (Wildman–Crippen LogP) is 4.68. The standard InChI is InChI=1S/C12H9BrINOS/c1-7-5-10(17-11(7)13)12(16)15-9-4-2-3-8(14)6-9/h2-6H,1H3,(H,15,16). The Kier molecular flexibility index (Phi) is 4.22. The van der Waals surface area contributed by atoms with E-state index in [4.69, 9.17) is 0 Å². The number of carbonyl (C=O) groups is 1. The highest BCUT2D eigenvalue weighted by Gasteiger charge is 2.11. The largest absolute Gasteiger partial charge is 0.321 e. The van der Waals surface area contributed by atoms with Gasteiger partial charge in [-0.05, 0) is 75.3 Å². The third kappa shape index (κ3) is 3.29. The van der Waals surface area contributed by atoms with Gasteiger partial charge in [0.2, 0.25) is 0 Å². The first-order chi connectivity index (χ1) is 8.06. The molecule has 0 saturated heterocycles. The van der Waals surface area contributed by atoms with Crippen LogP contribution in [0.5, 0.6) is 0 Å². The molecule has 88 valence electrons. The summed E-state index contributed by atoms with van der Waals surface area (Å²) in [7, 11) is 0. The first kappa shape index (κ1) is 13.0. The predicted molar refractivity (Wildman–Crippen MR) is 83.9 cm³/mol. The van der Waals surface area contributed by atoms with Crippen LogP contribution in [0.1, 0.15) is 15.2 Å². The topological polar surface area (TPSA) is 29.1 Å². The molecular weight excluding hydrogens is 413 g/mol. The van der Waals surface area contributed by atoms with Crippen molar-refractivity contribution in [3.8, 4) is 0 Å². The van der Waals surface area contributed by atoms with Crippen molar-refractivity contribution in [2.24, 2.45) is 0 Å². The highest BCUT2D eigenvalue weighted by atomic mass is 127. The van der Waals surface area contributed by atoms with E-state index in [0.29, 0.717) is 4.88 Å². The zero-order valence-corrected chi connectivity index (χ0v) is 13.5. The van der Waals surface area contributed by atoms with Gasteiger partial charge in [0.25, 0.3) is 5.91 Å². The van der Waals surface area contributed by atoms with Crippen LogP contribution in [0, 0.1) is 10.5 Å². The van der Waals surface area contributed by atoms with Crippen molar-refractivity contribution in [3.05, 3.63) is 48.1 Å². The van der Waals surface area contributed by atoms with Crippen LogP contribution in [0.15, 0.2) is 34.1 Å². The molecule has 2 nitrogen and oxygen atoms in total. The Morgan fingerprint density at radius 1 is 1.41 bits per heavy atom. The number of anilines is 1. The number of nitrogens with one attached hydrogen (secondary N) is 1. The zero-order valence-electron chi connectivity index (χ0n) is 8.96. The van der Waals surface area contributed by atoms with Gasteiger partial charge in [-0.15, -0.1) is 11.3 Å². The molecule has 17 heavy (non-hydrogen) atoms. The van der Waals surface area contributed by atoms with E-state index in [1.165, 1.54) is 11.3 Å². The quantitative estimate of drug-likeness (QED) is 0.701. The molecule has 0 spiro atoms. The fourth-order valence-corrected chi connectivity index (χ4v) is 3.30. The molecule has 0 aliphatic carbocycles. The summed E-state index contributed by atoms with van der Waals surface area (Å²) in [6, 6.07) is 9.62. The average Bonchev–Trinajstić information content (AvgIpc) is 2.59. The van der Waals surface area contributed by atoms with Gasteiger partial charge in [-0.3, -0.25) is 4.79 Å². The monoisotopic (exact) mass is 421 g/mol. The van der Waals surface area contributed by atoms with Crippen molar-refractivity contribution >= 4 is 61.5 Å². The van der Waals surface area contributed by atoms with E-state index in [1.807, 2.05) is 37.3 Å². The van der Waals surface area contributed by atoms with Crippen LogP contribution in [0.25, 0.3) is 0 Å². The lowest BCUT2D eigenvalue weighted by molar-refractivity contribution is 0.103. The summed E-state index contributed by atoms with van der Waals surface area (Å²) in [5.74, 6) is -0.0641. The first-order valence-electron chi connectivity index (χ1n) is 4.89. The number of amides is 1. The van der Waals surface area contributed by atoms with E-state index in [0.717, 1.165) is 18.6 Å². The Morgan fingerprint density at radius 2 is 2.18 bits per heavy atom. The smallest absolute Gasteiger partial charge is 0.265 e. The molecule has 1 amide bonds. The van der Waals surface area contributed by atoms with Gasteiger partial charge in [-0.25, -0.2) is 0 Å². The number of benzene rings is 1. The molecule has 0 bridgehead atoms. The van der Waals surface area contributed by atoms with Crippen LogP contribution < -0.4 is 5.32 Å². The SMILES string of the molecule is Cc1cc(C(=O)Nc2cccc(I)c2)sc1Br. The van der Waals surface area contributed by atoms with Crippen molar-refractivity contribution in [2.75, 3.05) is 5.32 Å². The Hall–Kier alpha value is -0.400. The Bertz CT molecular complexity index is 548. The van der Waals surface area contributed by atoms with Gasteiger partial charge < -0.3 is 5.32 Å². The molecule has 0 aliphatic heterocycles. The van der Waals surface area contributed by atoms with E-state index in [-0.39, 0.29) is 5.91 Å². The van der Waals surface area contributed by atoms with Gasteiger partial charge in [-0.2, -0.15) is 0 Å². The Morgan fingerprint density at radius 3 is 2.76 bits per heavy atom. The molecular formula is C12H9BrINOS. The van der Waals surface area contributed by atoms with E-state index in [9.17, 15) is 4.79 Å². The van der Waals surface area contributed by atoms with Crippen LogP contribution in [0.4, 0.5) is 5.69 Å². The zero-order chi connectivity index (χ0) is 12.4. The van der Waals surface area contributed by atoms with Crippen molar-refractivity contribution in [1.82, 2.24) is 0 Å². The summed E-state index contributed by atoms with van der Waals surface area (Å²) in [6.45, 7) is 1.98. The second kappa shape index (κ2) is 5.49. The lowest BCUT2D eigenvalue weighted by Gasteiger charge is -2.03. The Labute approximate surface area is 126 Å². The fourth-order valence-electron chi connectivity index (χ4n) is 1.33. The van der Waals surface area contributed by atoms with Crippen molar-refractivity contribution in [3.63, 3.8) is 0 Å². The number of carbonyl (C=O) groups excluding carboxylic acids is 1. The molecule has 0 saturated carbocycles. The third-order valence-electron chi connectivity index (χ3n) is 2.16. The Balaban J connectivity index is 2.17. The normalized spacial score (nSPS) is 10.3. The van der Waals surface area contributed by atoms with Crippen molar-refractivity contribution in [2.45, 2.75) is 6.92 Å². The number of rotatable bonds is 2. The lowest BCUT2D eigenvalue weighted by Crippen LogP contribution is -2.10. The molecule has 0 radical (unpaired) electrons. The van der Waals surface area contributed by atoms with Crippen LogP contribution in [0.2, 0.25) is 0 Å². The van der Waals surface area contributed by atoms with Crippen molar-refractivity contribution < 1.29 is 4.79 Å². The summed E-state index contributed by atoms with van der Waals surface area (Å²) < 4.78 is 2.11. The maximum absolute atomic E-state index is 12.0. The maximum atomic E-state index is 12.0. The molecule has 0 fully saturated rings. The highest BCUT2D eigenvalue weighted by Crippen LogP contribution is 2.28. The minimum absolute atomic E-state index is 0.0641. The average molecular weight is 422 g/mol. The molecule has 0 atom stereocenters. The molecule has 5 heteroatoms. The lowest BCUT2D eigenvalue weighted by atomic mass is 10.3. The molecule has 2 aromatic rings. The number of thiophene rings is 1. The van der Waals surface area contributed by atoms with Crippen LogP contribution in [0.3, 0.4) is 0 Å². The fraction of sp³-hybridized carbons (Fsp3) is 0.0833. The van der Waals surface area contributed by atoms with Crippen LogP contribution in [-0.2, 0) is 0 Å². The van der Waals surface area contributed by atoms with Crippen LogP contribution >= 0.6 is 49.9 Å². The maximum Gasteiger partial charge on any atom is 0.265 e. The van der Waals surface area contributed by atoms with E-state index < -0.39 is 0 Å². The second-order valence-electron chi connectivity index (χ2n) is 3.53. The number of hydrogen-bond donors (Lipinski definition) is 1. The first-order valence-corrected chi connectivity index (χ1v) is 7.58. The summed E-state index contributed by atoms with van der Waals surface area (Å²) >= 11 is 7.09. The van der Waals surface area contributed by atoms with E-state index in [1.54, 1.807) is 0 Å². The molecule has 2 rings (SSSR count). The summed E-state index contributed by atoms with van der Waals surface area (Å²) in [4.78, 5) is 12.7. The summed E-state index contributed by atoms with van der Waals surface area (Å²) in [6.07, 6.45) is 0. The summed E-state index contributed by atoms with van der Waals surface area (Å²) in [5.41, 5.74) is 1.91. The second-order valence-corrected chi connectivity index (χ2v) is 7.15. The highest BCUT2D eigenvalue weighted by molar-refractivity contribution is 14.1. The van der Waals surface area contributed by atoms with Gasteiger partial charge in [0, 0.05) is 9.26 Å². The van der Waals surface area contributed by atoms with Gasteiger partial charge in [0.15, 0.2) is 0 Å². The number of halogens is 2. The van der Waals surface area contributed by atoms with E-state index >= 15 is 0 Å². The van der Waals surface area contributed by atoms with Gasteiger partial charge in [-0.1, -0.05) is 6.07 Å². The van der Waals surface area contributed by atoms with Gasteiger partial charge >= 0.3 is 0 Å². The molecule has 0 aliphatic rings.